The van der Waals surface area contributed by atoms with Crippen molar-refractivity contribution in [1.29, 1.82) is 0 Å². The molecule has 0 spiro atoms. The van der Waals surface area contributed by atoms with Crippen molar-refractivity contribution in [2.75, 3.05) is 0 Å². The maximum atomic E-state index is 12.5. The van der Waals surface area contributed by atoms with Gasteiger partial charge in [-0.2, -0.15) is 0 Å². The highest BCUT2D eigenvalue weighted by Gasteiger charge is 2.67. The monoisotopic (exact) mass is 319 g/mol. The first-order valence-electron chi connectivity index (χ1n) is 9.33. The molecule has 5 atom stereocenters. The number of rotatable bonds is 2. The lowest BCUT2D eigenvalue weighted by molar-refractivity contribution is -0.155. The molecule has 4 rings (SSSR count). The fourth-order valence-corrected chi connectivity index (χ4v) is 5.73. The summed E-state index contributed by atoms with van der Waals surface area (Å²) in [6, 6.07) is -0.698. The number of ether oxygens (including phenoxy) is 1. The first-order chi connectivity index (χ1) is 10.9. The summed E-state index contributed by atoms with van der Waals surface area (Å²) in [7, 11) is 0. The molecule has 3 fully saturated rings. The zero-order valence-corrected chi connectivity index (χ0v) is 14.5. The summed E-state index contributed by atoms with van der Waals surface area (Å²) in [5.41, 5.74) is 1.17. The number of nitrogens with zero attached hydrogens (tertiary/aromatic N) is 1. The fraction of sp³-hybridized carbons (Fsp3) is 0.895. The minimum absolute atomic E-state index is 0.00751. The van der Waals surface area contributed by atoms with Crippen LogP contribution >= 0.6 is 0 Å². The van der Waals surface area contributed by atoms with E-state index in [1.807, 2.05) is 0 Å². The number of aliphatic hydroxyl groups excluding tert-OH is 1. The molecule has 4 aliphatic rings. The highest BCUT2D eigenvalue weighted by atomic mass is 16.5. The van der Waals surface area contributed by atoms with Crippen LogP contribution in [0.1, 0.15) is 65.7 Å². The summed E-state index contributed by atoms with van der Waals surface area (Å²) in [5.74, 6) is 0.272. The van der Waals surface area contributed by atoms with Gasteiger partial charge >= 0.3 is 5.97 Å². The van der Waals surface area contributed by atoms with Crippen molar-refractivity contribution in [3.05, 3.63) is 0 Å². The topological polar surface area (TPSA) is 58.9 Å². The minimum atomic E-state index is -0.698. The maximum Gasteiger partial charge on any atom is 0.334 e. The van der Waals surface area contributed by atoms with Crippen LogP contribution in [0, 0.1) is 22.7 Å². The number of hydrogen-bond donors (Lipinski definition) is 1. The van der Waals surface area contributed by atoms with Crippen LogP contribution in [0.15, 0.2) is 4.99 Å². The standard InChI is InChI=1S/C19H29NO3/c1-18(2)12-9-10-19(18,3)16-15(12)23-17(22)13(20-16)14(21)11-7-5-4-6-8-11/h11-15,21H,4-10H2,1-3H3/t12-,13+,14+,15-,19+/m1/s1. The number of hydrogen-bond acceptors (Lipinski definition) is 4. The summed E-state index contributed by atoms with van der Waals surface area (Å²) in [6.45, 7) is 6.84. The van der Waals surface area contributed by atoms with E-state index in [9.17, 15) is 9.90 Å². The van der Waals surface area contributed by atoms with Gasteiger partial charge in [0.15, 0.2) is 6.04 Å². The van der Waals surface area contributed by atoms with Crippen molar-refractivity contribution in [1.82, 2.24) is 0 Å². The molecular formula is C19H29NO3. The lowest BCUT2D eigenvalue weighted by Gasteiger charge is -2.38. The first-order valence-corrected chi connectivity index (χ1v) is 9.33. The second-order valence-electron chi connectivity index (χ2n) is 8.90. The quantitative estimate of drug-likeness (QED) is 0.796. The van der Waals surface area contributed by atoms with Crippen LogP contribution < -0.4 is 0 Å². The Labute approximate surface area is 138 Å². The highest BCUT2D eigenvalue weighted by Crippen LogP contribution is 2.65. The van der Waals surface area contributed by atoms with E-state index < -0.39 is 12.1 Å². The normalized spacial score (nSPS) is 43.7. The molecule has 1 aliphatic heterocycles. The van der Waals surface area contributed by atoms with Crippen molar-refractivity contribution < 1.29 is 14.6 Å². The number of esters is 1. The van der Waals surface area contributed by atoms with E-state index in [0.29, 0.717) is 5.92 Å². The average Bonchev–Trinajstić information content (AvgIpc) is 2.86. The zero-order valence-electron chi connectivity index (χ0n) is 14.5. The Bertz CT molecular complexity index is 549. The Balaban J connectivity index is 1.65. The second-order valence-corrected chi connectivity index (χ2v) is 8.90. The van der Waals surface area contributed by atoms with Gasteiger partial charge in [-0.15, -0.1) is 0 Å². The van der Waals surface area contributed by atoms with Crippen LogP contribution in [-0.4, -0.2) is 35.0 Å². The molecule has 0 aromatic rings. The molecular weight excluding hydrogens is 290 g/mol. The Morgan fingerprint density at radius 2 is 1.87 bits per heavy atom. The summed E-state index contributed by atoms with van der Waals surface area (Å²) >= 11 is 0. The molecule has 3 saturated carbocycles. The Hall–Kier alpha value is -0.900. The summed E-state index contributed by atoms with van der Waals surface area (Å²) in [5, 5.41) is 10.8. The van der Waals surface area contributed by atoms with E-state index in [-0.39, 0.29) is 28.8 Å². The Kier molecular flexibility index (Phi) is 3.43. The van der Waals surface area contributed by atoms with E-state index in [1.165, 1.54) is 6.42 Å². The zero-order chi connectivity index (χ0) is 16.4. The molecule has 4 heteroatoms. The van der Waals surface area contributed by atoms with Crippen LogP contribution in [0.2, 0.25) is 0 Å². The predicted molar refractivity (Wildman–Crippen MR) is 88.3 cm³/mol. The number of aliphatic hydroxyl groups is 1. The van der Waals surface area contributed by atoms with Gasteiger partial charge in [0.2, 0.25) is 0 Å². The smallest absolute Gasteiger partial charge is 0.334 e. The van der Waals surface area contributed by atoms with Gasteiger partial charge in [-0.3, -0.25) is 4.99 Å². The Morgan fingerprint density at radius 1 is 1.17 bits per heavy atom. The lowest BCUT2D eigenvalue weighted by atomic mass is 9.70. The first kappa shape index (κ1) is 15.6. The van der Waals surface area contributed by atoms with Crippen LogP contribution in [0.5, 0.6) is 0 Å². The van der Waals surface area contributed by atoms with E-state index in [1.54, 1.807) is 0 Å². The van der Waals surface area contributed by atoms with Crippen molar-refractivity contribution in [2.24, 2.45) is 27.7 Å². The summed E-state index contributed by atoms with van der Waals surface area (Å²) < 4.78 is 5.84. The van der Waals surface area contributed by atoms with Gasteiger partial charge in [-0.1, -0.05) is 40.0 Å². The molecule has 0 saturated heterocycles. The van der Waals surface area contributed by atoms with E-state index in [4.69, 9.17) is 9.73 Å². The van der Waals surface area contributed by atoms with Crippen LogP contribution in [-0.2, 0) is 9.53 Å². The molecule has 4 nitrogen and oxygen atoms in total. The van der Waals surface area contributed by atoms with Crippen molar-refractivity contribution >= 4 is 11.7 Å². The molecule has 2 bridgehead atoms. The number of fused-ring (bicyclic) bond motifs is 5. The minimum Gasteiger partial charge on any atom is -0.454 e. The van der Waals surface area contributed by atoms with E-state index >= 15 is 0 Å². The summed E-state index contributed by atoms with van der Waals surface area (Å²) in [6.07, 6.45) is 6.94. The average molecular weight is 319 g/mol. The van der Waals surface area contributed by atoms with E-state index in [0.717, 1.165) is 44.2 Å². The number of carbonyl (C=O) groups excluding carboxylic acids is 1. The molecule has 0 radical (unpaired) electrons. The number of carbonyl (C=O) groups is 1. The van der Waals surface area contributed by atoms with Gasteiger partial charge in [0.05, 0.1) is 11.8 Å². The van der Waals surface area contributed by atoms with Crippen molar-refractivity contribution in [3.63, 3.8) is 0 Å². The SMILES string of the molecule is CC1(C)[C@@H]2CC[C@@]1(C)C1=N[C@@H]([C@@H](O)C3CCCCC3)C(=O)O[C@@H]12. The van der Waals surface area contributed by atoms with E-state index in [2.05, 4.69) is 20.8 Å². The second kappa shape index (κ2) is 5.05. The van der Waals surface area contributed by atoms with Gasteiger partial charge in [0.1, 0.15) is 6.10 Å². The van der Waals surface area contributed by atoms with Crippen LogP contribution in [0.3, 0.4) is 0 Å². The summed E-state index contributed by atoms with van der Waals surface area (Å²) in [4.78, 5) is 17.4. The molecule has 0 aromatic carbocycles. The largest absolute Gasteiger partial charge is 0.454 e. The molecule has 3 aliphatic carbocycles. The van der Waals surface area contributed by atoms with Gasteiger partial charge in [0.25, 0.3) is 0 Å². The molecule has 1 N–H and O–H groups in total. The predicted octanol–water partition coefficient (Wildman–Crippen LogP) is 3.12. The van der Waals surface area contributed by atoms with Crippen molar-refractivity contribution in [3.8, 4) is 0 Å². The third kappa shape index (κ3) is 2.00. The fourth-order valence-electron chi connectivity index (χ4n) is 5.73. The third-order valence-corrected chi connectivity index (χ3v) is 7.72. The van der Waals surface area contributed by atoms with Gasteiger partial charge in [-0.25, -0.2) is 4.79 Å². The van der Waals surface area contributed by atoms with Gasteiger partial charge in [-0.05, 0) is 37.0 Å². The number of aliphatic imine (C=N–C) groups is 1. The van der Waals surface area contributed by atoms with Gasteiger partial charge in [0, 0.05) is 11.3 Å². The molecule has 0 aromatic heterocycles. The molecule has 1 heterocycles. The molecule has 0 unspecified atom stereocenters. The highest BCUT2D eigenvalue weighted by molar-refractivity contribution is 6.03. The third-order valence-electron chi connectivity index (χ3n) is 7.72. The molecule has 0 amide bonds. The van der Waals surface area contributed by atoms with Crippen molar-refractivity contribution in [2.45, 2.75) is 84.0 Å². The lowest BCUT2D eigenvalue weighted by Crippen LogP contribution is -2.50. The van der Waals surface area contributed by atoms with Crippen LogP contribution in [0.4, 0.5) is 0 Å². The van der Waals surface area contributed by atoms with Crippen LogP contribution in [0.25, 0.3) is 0 Å². The Morgan fingerprint density at radius 3 is 2.57 bits per heavy atom. The van der Waals surface area contributed by atoms with Gasteiger partial charge < -0.3 is 9.84 Å². The molecule has 128 valence electrons. The maximum absolute atomic E-state index is 12.5. The molecule has 23 heavy (non-hydrogen) atoms.